The Kier molecular flexibility index (Phi) is 5.57. The Bertz CT molecular complexity index is 1660. The van der Waals surface area contributed by atoms with Gasteiger partial charge in [-0.2, -0.15) is 0 Å². The molecule has 0 bridgehead atoms. The van der Waals surface area contributed by atoms with Crippen LogP contribution < -0.4 is 10.5 Å². The predicted octanol–water partition coefficient (Wildman–Crippen LogP) is 5.58. The number of esters is 1. The van der Waals surface area contributed by atoms with E-state index in [-0.39, 0.29) is 23.9 Å². The molecule has 2 N–H and O–H groups in total. The lowest BCUT2D eigenvalue weighted by Crippen LogP contribution is -2.32. The number of imidazole rings is 1. The number of para-hydroxylation sites is 2. The number of hydrogen-bond acceptors (Lipinski definition) is 7. The Morgan fingerprint density at radius 2 is 1.81 bits per heavy atom. The van der Waals surface area contributed by atoms with Gasteiger partial charge in [0, 0.05) is 15.6 Å². The first-order chi connectivity index (χ1) is 18.0. The van der Waals surface area contributed by atoms with Gasteiger partial charge in [0.25, 0.3) is 0 Å². The molecule has 0 aliphatic carbocycles. The number of nitrogens with zero attached hydrogens (tertiary/aromatic N) is 2. The lowest BCUT2D eigenvalue weighted by Gasteiger charge is -2.34. The molecular weight excluding hydrogens is 538 g/mol. The van der Waals surface area contributed by atoms with E-state index in [0.717, 1.165) is 4.47 Å². The summed E-state index contributed by atoms with van der Waals surface area (Å²) in [5.41, 5.74) is 9.70. The minimum Gasteiger partial charge on any atom is -0.449 e. The molecule has 0 saturated heterocycles. The van der Waals surface area contributed by atoms with E-state index < -0.39 is 18.0 Å². The summed E-state index contributed by atoms with van der Waals surface area (Å²) in [6.07, 6.45) is -0.612. The molecule has 0 radical (unpaired) electrons. The third-order valence-electron chi connectivity index (χ3n) is 6.29. The molecule has 2 aliphatic rings. The van der Waals surface area contributed by atoms with Gasteiger partial charge in [0.05, 0.1) is 34.7 Å². The summed E-state index contributed by atoms with van der Waals surface area (Å²) in [7, 11) is 0. The average molecular weight is 558 g/mol. The van der Waals surface area contributed by atoms with Crippen LogP contribution in [0, 0.1) is 0 Å². The minimum atomic E-state index is -0.720. The van der Waals surface area contributed by atoms with Crippen LogP contribution in [0.15, 0.2) is 88.7 Å². The van der Waals surface area contributed by atoms with Gasteiger partial charge in [-0.1, -0.05) is 58.4 Å². The van der Waals surface area contributed by atoms with Gasteiger partial charge in [-0.05, 0) is 37.3 Å². The number of fused-ring (bicyclic) bond motifs is 4. The Hall–Kier alpha value is -4.37. The molecule has 2 aliphatic heterocycles. The van der Waals surface area contributed by atoms with Crippen LogP contribution in [-0.2, 0) is 14.3 Å². The van der Waals surface area contributed by atoms with Crippen LogP contribution >= 0.6 is 15.9 Å². The van der Waals surface area contributed by atoms with Crippen molar-refractivity contribution in [2.45, 2.75) is 12.8 Å². The molecule has 0 amide bonds. The van der Waals surface area contributed by atoms with Crippen LogP contribution in [0.25, 0.3) is 22.4 Å². The van der Waals surface area contributed by atoms with Crippen LogP contribution in [0.3, 0.4) is 0 Å². The molecule has 1 unspecified atom stereocenters. The minimum absolute atomic E-state index is 0.0223. The lowest BCUT2D eigenvalue weighted by atomic mass is 9.79. The van der Waals surface area contributed by atoms with Crippen molar-refractivity contribution in [1.82, 2.24) is 9.55 Å². The first-order valence-corrected chi connectivity index (χ1v) is 12.4. The summed E-state index contributed by atoms with van der Waals surface area (Å²) in [5, 5.41) is 0. The molecule has 3 heterocycles. The lowest BCUT2D eigenvalue weighted by molar-refractivity contribution is -0.131. The van der Waals surface area contributed by atoms with Crippen LogP contribution in [-0.4, -0.2) is 28.2 Å². The number of ether oxygens (including phenoxy) is 3. The summed E-state index contributed by atoms with van der Waals surface area (Å²) in [5.74, 6) is -0.353. The highest BCUT2D eigenvalue weighted by molar-refractivity contribution is 9.10. The van der Waals surface area contributed by atoms with E-state index in [1.54, 1.807) is 31.2 Å². The molecular formula is C28H20BrN3O5. The van der Waals surface area contributed by atoms with E-state index in [2.05, 4.69) is 15.9 Å². The highest BCUT2D eigenvalue weighted by Crippen LogP contribution is 2.52. The van der Waals surface area contributed by atoms with Gasteiger partial charge in [-0.3, -0.25) is 0 Å². The van der Waals surface area contributed by atoms with Crippen LogP contribution in [0.1, 0.15) is 29.8 Å². The Morgan fingerprint density at radius 1 is 1.05 bits per heavy atom. The molecule has 6 rings (SSSR count). The first kappa shape index (κ1) is 23.1. The number of allylic oxidation sites excluding steroid dienone is 1. The fourth-order valence-corrected chi connectivity index (χ4v) is 5.15. The maximum absolute atomic E-state index is 13.5. The normalized spacial score (nSPS) is 16.7. The van der Waals surface area contributed by atoms with Crippen molar-refractivity contribution >= 4 is 50.4 Å². The second-order valence-electron chi connectivity index (χ2n) is 8.45. The summed E-state index contributed by atoms with van der Waals surface area (Å²) in [6, 6.07) is 21.8. The summed E-state index contributed by atoms with van der Waals surface area (Å²) in [6.45, 7) is 1.90. The molecule has 1 atom stereocenters. The maximum Gasteiger partial charge on any atom is 0.420 e. The molecule has 1 aromatic heterocycles. The molecule has 0 fully saturated rings. The van der Waals surface area contributed by atoms with Gasteiger partial charge >= 0.3 is 12.1 Å². The van der Waals surface area contributed by atoms with Gasteiger partial charge in [-0.15, -0.1) is 0 Å². The fourth-order valence-electron chi connectivity index (χ4n) is 4.77. The number of carbonyl (C=O) groups is 2. The van der Waals surface area contributed by atoms with Gasteiger partial charge in [0.1, 0.15) is 11.5 Å². The van der Waals surface area contributed by atoms with Crippen LogP contribution in [0.5, 0.6) is 5.75 Å². The fraction of sp³-hybridized carbons (Fsp3) is 0.107. The van der Waals surface area contributed by atoms with Gasteiger partial charge in [0.2, 0.25) is 0 Å². The number of aromatic nitrogens is 2. The molecule has 9 heteroatoms. The molecule has 0 spiro atoms. The second kappa shape index (κ2) is 8.94. The van der Waals surface area contributed by atoms with Crippen molar-refractivity contribution in [3.63, 3.8) is 0 Å². The highest BCUT2D eigenvalue weighted by Gasteiger charge is 2.45. The molecule has 0 saturated carbocycles. The van der Waals surface area contributed by atoms with E-state index in [4.69, 9.17) is 24.9 Å². The number of carbonyl (C=O) groups excluding carboxylic acids is 2. The Morgan fingerprint density at radius 3 is 2.59 bits per heavy atom. The molecule has 8 nitrogen and oxygen atoms in total. The van der Waals surface area contributed by atoms with E-state index in [0.29, 0.717) is 39.2 Å². The van der Waals surface area contributed by atoms with Crippen molar-refractivity contribution in [1.29, 1.82) is 0 Å². The quantitative estimate of drug-likeness (QED) is 0.259. The zero-order chi connectivity index (χ0) is 25.7. The van der Waals surface area contributed by atoms with Crippen molar-refractivity contribution in [2.24, 2.45) is 5.73 Å². The van der Waals surface area contributed by atoms with E-state index in [1.165, 1.54) is 4.57 Å². The SMILES string of the molecule is CCOC(=O)n1c(C2=C(N)OC(c3ccccc3)=C3C(=O)Oc4ccc(Br)cc4C32)nc2ccccc21. The zero-order valence-electron chi connectivity index (χ0n) is 19.6. The van der Waals surface area contributed by atoms with Crippen LogP contribution in [0.2, 0.25) is 0 Å². The van der Waals surface area contributed by atoms with Crippen molar-refractivity contribution in [2.75, 3.05) is 6.61 Å². The topological polar surface area (TPSA) is 106 Å². The van der Waals surface area contributed by atoms with Crippen molar-refractivity contribution < 1.29 is 23.8 Å². The number of rotatable bonds is 3. The first-order valence-electron chi connectivity index (χ1n) is 11.6. The summed E-state index contributed by atoms with van der Waals surface area (Å²) >= 11 is 3.53. The predicted molar refractivity (Wildman–Crippen MR) is 140 cm³/mol. The third kappa shape index (κ3) is 3.70. The number of nitrogens with two attached hydrogens (primary N) is 1. The van der Waals surface area contributed by atoms with Crippen molar-refractivity contribution in [3.8, 4) is 5.75 Å². The number of benzene rings is 3. The maximum atomic E-state index is 13.5. The average Bonchev–Trinajstić information content (AvgIpc) is 3.28. The van der Waals surface area contributed by atoms with E-state index >= 15 is 0 Å². The zero-order valence-corrected chi connectivity index (χ0v) is 21.2. The standard InChI is InChI=1S/C28H20BrN3O5/c1-2-35-28(34)32-19-11-7-6-10-18(19)31-26(32)23-21-17-14-16(29)12-13-20(17)36-27(33)22(21)24(37-25(23)30)15-8-4-3-5-9-15/h3-14,21H,2,30H2,1H3. The molecule has 37 heavy (non-hydrogen) atoms. The van der Waals surface area contributed by atoms with Gasteiger partial charge < -0.3 is 19.9 Å². The van der Waals surface area contributed by atoms with Gasteiger partial charge in [0.15, 0.2) is 11.7 Å². The summed E-state index contributed by atoms with van der Waals surface area (Å²) in [4.78, 5) is 31.4. The van der Waals surface area contributed by atoms with E-state index in [1.807, 2.05) is 48.5 Å². The van der Waals surface area contributed by atoms with Gasteiger partial charge in [-0.25, -0.2) is 19.1 Å². The molecule has 4 aromatic rings. The van der Waals surface area contributed by atoms with Crippen molar-refractivity contribution in [3.05, 3.63) is 106 Å². The second-order valence-corrected chi connectivity index (χ2v) is 9.37. The largest absolute Gasteiger partial charge is 0.449 e. The smallest absolute Gasteiger partial charge is 0.420 e. The summed E-state index contributed by atoms with van der Waals surface area (Å²) < 4.78 is 19.4. The third-order valence-corrected chi connectivity index (χ3v) is 6.79. The Balaban J connectivity index is 1.67. The molecule has 3 aromatic carbocycles. The van der Waals surface area contributed by atoms with E-state index in [9.17, 15) is 9.59 Å². The monoisotopic (exact) mass is 557 g/mol. The molecule has 184 valence electrons. The highest BCUT2D eigenvalue weighted by atomic mass is 79.9. The van der Waals surface area contributed by atoms with Crippen LogP contribution in [0.4, 0.5) is 4.79 Å². The number of hydrogen-bond donors (Lipinski definition) is 1. The number of halogens is 1. The Labute approximate surface area is 220 Å².